The lowest BCUT2D eigenvalue weighted by Gasteiger charge is -2.41. The molecule has 0 bridgehead atoms. The molecule has 0 aromatic heterocycles. The van der Waals surface area contributed by atoms with Crippen molar-refractivity contribution in [3.8, 4) is 0 Å². The number of rotatable bonds is 4. The van der Waals surface area contributed by atoms with Crippen molar-refractivity contribution in [3.05, 3.63) is 35.9 Å². The second kappa shape index (κ2) is 5.57. The van der Waals surface area contributed by atoms with E-state index in [1.54, 1.807) is 0 Å². The first-order valence-electron chi connectivity index (χ1n) is 7.82. The van der Waals surface area contributed by atoms with E-state index in [0.29, 0.717) is 11.8 Å². The third kappa shape index (κ3) is 2.05. The molecule has 3 rings (SSSR count). The van der Waals surface area contributed by atoms with Crippen LogP contribution in [0.25, 0.3) is 0 Å². The fraction of sp³-hybridized carbons (Fsp3) is 0.588. The van der Waals surface area contributed by atoms with Gasteiger partial charge in [-0.25, -0.2) is 0 Å². The van der Waals surface area contributed by atoms with Crippen molar-refractivity contribution in [2.45, 2.75) is 37.5 Å². The smallest absolute Gasteiger partial charge is 0.228 e. The highest BCUT2D eigenvalue weighted by Crippen LogP contribution is 2.48. The number of amides is 1. The van der Waals surface area contributed by atoms with Crippen molar-refractivity contribution in [1.29, 1.82) is 0 Å². The fourth-order valence-electron chi connectivity index (χ4n) is 4.49. The van der Waals surface area contributed by atoms with E-state index >= 15 is 0 Å². The first-order valence-corrected chi connectivity index (χ1v) is 7.82. The van der Waals surface area contributed by atoms with E-state index < -0.39 is 5.41 Å². The van der Waals surface area contributed by atoms with Gasteiger partial charge in [0.05, 0.1) is 5.41 Å². The van der Waals surface area contributed by atoms with Crippen LogP contribution in [0.1, 0.15) is 37.7 Å². The van der Waals surface area contributed by atoms with Gasteiger partial charge in [-0.2, -0.15) is 0 Å². The molecule has 1 saturated carbocycles. The molecule has 2 fully saturated rings. The highest BCUT2D eigenvalue weighted by Gasteiger charge is 2.52. The van der Waals surface area contributed by atoms with E-state index in [-0.39, 0.29) is 5.91 Å². The van der Waals surface area contributed by atoms with E-state index in [2.05, 4.69) is 17.4 Å². The third-order valence-corrected chi connectivity index (χ3v) is 5.36. The summed E-state index contributed by atoms with van der Waals surface area (Å²) in [7, 11) is 0. The van der Waals surface area contributed by atoms with Crippen LogP contribution in [0.4, 0.5) is 0 Å². The van der Waals surface area contributed by atoms with Crippen LogP contribution in [-0.4, -0.2) is 19.0 Å². The van der Waals surface area contributed by atoms with Gasteiger partial charge in [-0.05, 0) is 49.8 Å². The average molecular weight is 272 g/mol. The summed E-state index contributed by atoms with van der Waals surface area (Å²) in [5, 5.41) is 3.42. The van der Waals surface area contributed by atoms with Gasteiger partial charge in [0, 0.05) is 0 Å². The molecular formula is C17H24N2O. The largest absolute Gasteiger partial charge is 0.369 e. The third-order valence-electron chi connectivity index (χ3n) is 5.36. The topological polar surface area (TPSA) is 55.1 Å². The number of benzene rings is 1. The van der Waals surface area contributed by atoms with Gasteiger partial charge in [0.25, 0.3) is 0 Å². The van der Waals surface area contributed by atoms with Crippen molar-refractivity contribution in [1.82, 2.24) is 5.32 Å². The minimum absolute atomic E-state index is 0.121. The molecule has 1 aromatic rings. The SMILES string of the molecule is NC(=O)[C@@](c1ccccc1)(C1CCCC1)C1CCNC1. The van der Waals surface area contributed by atoms with Gasteiger partial charge in [-0.15, -0.1) is 0 Å². The quantitative estimate of drug-likeness (QED) is 0.883. The lowest BCUT2D eigenvalue weighted by molar-refractivity contribution is -0.128. The molecule has 3 N–H and O–H groups in total. The van der Waals surface area contributed by atoms with Gasteiger partial charge >= 0.3 is 0 Å². The summed E-state index contributed by atoms with van der Waals surface area (Å²) in [5.41, 5.74) is 6.66. The second-order valence-corrected chi connectivity index (χ2v) is 6.27. The van der Waals surface area contributed by atoms with E-state index in [0.717, 1.165) is 37.9 Å². The van der Waals surface area contributed by atoms with Crippen LogP contribution in [-0.2, 0) is 10.2 Å². The maximum Gasteiger partial charge on any atom is 0.228 e. The zero-order chi connectivity index (χ0) is 14.0. The van der Waals surface area contributed by atoms with Crippen molar-refractivity contribution >= 4 is 5.91 Å². The molecule has 1 aliphatic heterocycles. The predicted molar refractivity (Wildman–Crippen MR) is 80.2 cm³/mol. The van der Waals surface area contributed by atoms with Crippen LogP contribution >= 0.6 is 0 Å². The predicted octanol–water partition coefficient (Wildman–Crippen LogP) is 2.21. The Morgan fingerprint density at radius 3 is 2.35 bits per heavy atom. The molecule has 3 nitrogen and oxygen atoms in total. The first-order chi connectivity index (χ1) is 9.76. The van der Waals surface area contributed by atoms with Crippen molar-refractivity contribution in [3.63, 3.8) is 0 Å². The maximum absolute atomic E-state index is 12.6. The molecule has 2 aliphatic rings. The highest BCUT2D eigenvalue weighted by atomic mass is 16.1. The van der Waals surface area contributed by atoms with Crippen molar-refractivity contribution in [2.75, 3.05) is 13.1 Å². The average Bonchev–Trinajstić information content (AvgIpc) is 3.14. The number of hydrogen-bond donors (Lipinski definition) is 2. The molecule has 3 heteroatoms. The molecule has 1 aromatic carbocycles. The summed E-state index contributed by atoms with van der Waals surface area (Å²) >= 11 is 0. The number of primary amides is 1. The lowest BCUT2D eigenvalue weighted by atomic mass is 9.61. The second-order valence-electron chi connectivity index (χ2n) is 6.27. The Morgan fingerprint density at radius 2 is 1.80 bits per heavy atom. The minimum atomic E-state index is -0.471. The van der Waals surface area contributed by atoms with Gasteiger partial charge in [-0.3, -0.25) is 4.79 Å². The van der Waals surface area contributed by atoms with Crippen LogP contribution in [0, 0.1) is 11.8 Å². The molecular weight excluding hydrogens is 248 g/mol. The van der Waals surface area contributed by atoms with Gasteiger partial charge in [-0.1, -0.05) is 43.2 Å². The Bertz CT molecular complexity index is 443. The van der Waals surface area contributed by atoms with E-state index in [1.165, 1.54) is 12.8 Å². The summed E-state index contributed by atoms with van der Waals surface area (Å²) in [6, 6.07) is 10.3. The first kappa shape index (κ1) is 13.6. The summed E-state index contributed by atoms with van der Waals surface area (Å²) in [4.78, 5) is 12.6. The number of nitrogens with one attached hydrogen (secondary N) is 1. The molecule has 1 unspecified atom stereocenters. The summed E-state index contributed by atoms with van der Waals surface area (Å²) in [6.45, 7) is 1.91. The number of nitrogens with two attached hydrogens (primary N) is 1. The summed E-state index contributed by atoms with van der Waals surface area (Å²) < 4.78 is 0. The van der Waals surface area contributed by atoms with Gasteiger partial charge in [0.1, 0.15) is 0 Å². The highest BCUT2D eigenvalue weighted by molar-refractivity contribution is 5.87. The Labute approximate surface area is 120 Å². The number of carbonyl (C=O) groups is 1. The zero-order valence-electron chi connectivity index (χ0n) is 12.0. The van der Waals surface area contributed by atoms with Crippen molar-refractivity contribution < 1.29 is 4.79 Å². The number of carbonyl (C=O) groups excluding carboxylic acids is 1. The molecule has 1 amide bonds. The van der Waals surface area contributed by atoms with Crippen LogP contribution in [0.2, 0.25) is 0 Å². The van der Waals surface area contributed by atoms with E-state index in [4.69, 9.17) is 5.73 Å². The molecule has 0 radical (unpaired) electrons. The fourth-order valence-corrected chi connectivity index (χ4v) is 4.49. The van der Waals surface area contributed by atoms with E-state index in [9.17, 15) is 4.79 Å². The molecule has 1 saturated heterocycles. The Balaban J connectivity index is 2.10. The van der Waals surface area contributed by atoms with Crippen LogP contribution < -0.4 is 11.1 Å². The summed E-state index contributed by atoms with van der Waals surface area (Å²) in [5.74, 6) is 0.627. The molecule has 1 aliphatic carbocycles. The van der Waals surface area contributed by atoms with Crippen LogP contribution in [0.15, 0.2) is 30.3 Å². The molecule has 20 heavy (non-hydrogen) atoms. The van der Waals surface area contributed by atoms with Gasteiger partial charge < -0.3 is 11.1 Å². The Hall–Kier alpha value is -1.35. The number of hydrogen-bond acceptors (Lipinski definition) is 2. The van der Waals surface area contributed by atoms with Crippen LogP contribution in [0.3, 0.4) is 0 Å². The Kier molecular flexibility index (Phi) is 3.79. The molecule has 0 spiro atoms. The molecule has 108 valence electrons. The lowest BCUT2D eigenvalue weighted by Crippen LogP contribution is -2.52. The normalized spacial score (nSPS) is 26.5. The Morgan fingerprint density at radius 1 is 1.10 bits per heavy atom. The standard InChI is InChI=1S/C17H24N2O/c18-16(20)17(14-8-4-5-9-14,15-10-11-19-12-15)13-6-2-1-3-7-13/h1-3,6-7,14-15,19H,4-5,8-12H2,(H2,18,20)/t15?,17-/m0/s1. The maximum atomic E-state index is 12.6. The molecule has 2 atom stereocenters. The van der Waals surface area contributed by atoms with Crippen LogP contribution in [0.5, 0.6) is 0 Å². The summed E-state index contributed by atoms with van der Waals surface area (Å²) in [6.07, 6.45) is 5.77. The van der Waals surface area contributed by atoms with Gasteiger partial charge in [0.15, 0.2) is 0 Å². The van der Waals surface area contributed by atoms with E-state index in [1.807, 2.05) is 18.2 Å². The minimum Gasteiger partial charge on any atom is -0.369 e. The molecule has 1 heterocycles. The zero-order valence-corrected chi connectivity index (χ0v) is 12.0. The monoisotopic (exact) mass is 272 g/mol. The van der Waals surface area contributed by atoms with Gasteiger partial charge in [0.2, 0.25) is 5.91 Å². The van der Waals surface area contributed by atoms with Crippen molar-refractivity contribution in [2.24, 2.45) is 17.6 Å².